The maximum Gasteiger partial charge on any atom is 0.235 e. The highest BCUT2D eigenvalue weighted by Gasteiger charge is 2.51. The van der Waals surface area contributed by atoms with E-state index >= 15 is 0 Å². The van der Waals surface area contributed by atoms with E-state index in [1.807, 2.05) is 7.05 Å². The maximum absolute atomic E-state index is 12.9. The van der Waals surface area contributed by atoms with Crippen LogP contribution in [0.2, 0.25) is 0 Å². The number of benzene rings is 1. The third-order valence-corrected chi connectivity index (χ3v) is 9.16. The molecular weight excluding hydrogens is 470 g/mol. The van der Waals surface area contributed by atoms with Gasteiger partial charge in [0.15, 0.2) is 0 Å². The van der Waals surface area contributed by atoms with E-state index in [0.717, 1.165) is 81.5 Å². The fourth-order valence-corrected chi connectivity index (χ4v) is 7.08. The quantitative estimate of drug-likeness (QED) is 0.346. The first kappa shape index (κ1) is 27.2. The van der Waals surface area contributed by atoms with E-state index in [4.69, 9.17) is 0 Å². The van der Waals surface area contributed by atoms with Crippen molar-refractivity contribution >= 4 is 40.7 Å². The summed E-state index contributed by atoms with van der Waals surface area (Å²) in [7, 11) is 3.25. The standard InChI is InChI=1S/C26H39N3O3S.ClH/c1-27(15-7-4-10-21-11-12-22-23(18-21)33(32)20-28(22)2)16-8-9-17-29-24(30)19-26(25(29)31)13-5-3-6-14-26;/h11-12,18H,3-10,13-17,19-20H2,1-2H3;1H. The number of halogens is 1. The molecule has 190 valence electrons. The molecule has 2 aliphatic heterocycles. The SMILES string of the molecule is CN(CCCCc1ccc2c(c1)S(=O)CN2C)CCCCN1C(=O)CC2(CCCCC2)C1=O.Cl. The third-order valence-electron chi connectivity index (χ3n) is 7.72. The monoisotopic (exact) mass is 509 g/mol. The van der Waals surface area contributed by atoms with Crippen LogP contribution in [0.25, 0.3) is 0 Å². The van der Waals surface area contributed by atoms with Crippen LogP contribution in [0.4, 0.5) is 5.69 Å². The van der Waals surface area contributed by atoms with Crippen LogP contribution in [-0.2, 0) is 26.8 Å². The summed E-state index contributed by atoms with van der Waals surface area (Å²) < 4.78 is 12.2. The Hall–Kier alpha value is -1.44. The van der Waals surface area contributed by atoms with Crippen LogP contribution in [-0.4, -0.2) is 65.4 Å². The molecule has 34 heavy (non-hydrogen) atoms. The molecule has 4 rings (SSSR count). The molecule has 1 atom stereocenters. The number of amides is 2. The van der Waals surface area contributed by atoms with Gasteiger partial charge < -0.3 is 9.80 Å². The van der Waals surface area contributed by atoms with Gasteiger partial charge in [-0.25, -0.2) is 0 Å². The molecule has 8 heteroatoms. The average molecular weight is 510 g/mol. The Kier molecular flexibility index (Phi) is 9.58. The molecule has 0 radical (unpaired) electrons. The molecule has 3 aliphatic rings. The molecule has 1 aliphatic carbocycles. The second kappa shape index (κ2) is 12.0. The fourth-order valence-electron chi connectivity index (χ4n) is 5.71. The molecule has 2 amide bonds. The Bertz CT molecular complexity index is 903. The summed E-state index contributed by atoms with van der Waals surface area (Å²) in [5.74, 6) is 0.768. The van der Waals surface area contributed by atoms with Crippen molar-refractivity contribution < 1.29 is 13.8 Å². The van der Waals surface area contributed by atoms with Gasteiger partial charge in [0.25, 0.3) is 0 Å². The highest BCUT2D eigenvalue weighted by atomic mass is 35.5. The second-order valence-corrected chi connectivity index (χ2v) is 11.7. The molecule has 6 nitrogen and oxygen atoms in total. The van der Waals surface area contributed by atoms with Gasteiger partial charge in [0.2, 0.25) is 11.8 Å². The van der Waals surface area contributed by atoms with Crippen LogP contribution in [0.3, 0.4) is 0 Å². The summed E-state index contributed by atoms with van der Waals surface area (Å²) in [5, 5.41) is 0. The molecule has 0 aromatic heterocycles. The molecule has 1 spiro atoms. The topological polar surface area (TPSA) is 60.9 Å². The summed E-state index contributed by atoms with van der Waals surface area (Å²) >= 11 is 0. The number of unbranched alkanes of at least 4 members (excludes halogenated alkanes) is 2. The Morgan fingerprint density at radius 3 is 2.47 bits per heavy atom. The predicted molar refractivity (Wildman–Crippen MR) is 140 cm³/mol. The number of likely N-dealkylation sites (tertiary alicyclic amines) is 1. The van der Waals surface area contributed by atoms with Crippen LogP contribution >= 0.6 is 12.4 Å². The van der Waals surface area contributed by atoms with Crippen molar-refractivity contribution in [3.8, 4) is 0 Å². The van der Waals surface area contributed by atoms with E-state index in [2.05, 4.69) is 35.0 Å². The Balaban J connectivity index is 0.00000324. The molecule has 2 heterocycles. The van der Waals surface area contributed by atoms with Gasteiger partial charge in [0, 0.05) is 20.0 Å². The number of anilines is 1. The van der Waals surface area contributed by atoms with Crippen molar-refractivity contribution in [2.75, 3.05) is 44.5 Å². The number of nitrogens with zero attached hydrogens (tertiary/aromatic N) is 3. The molecular formula is C26H40ClN3O3S. The van der Waals surface area contributed by atoms with Gasteiger partial charge in [-0.05, 0) is 82.8 Å². The Morgan fingerprint density at radius 2 is 1.74 bits per heavy atom. The number of carbonyl (C=O) groups excluding carboxylic acids is 2. The highest BCUT2D eigenvalue weighted by Crippen LogP contribution is 2.45. The van der Waals surface area contributed by atoms with Crippen LogP contribution < -0.4 is 4.90 Å². The molecule has 0 bridgehead atoms. The van der Waals surface area contributed by atoms with Gasteiger partial charge in [0.05, 0.1) is 32.7 Å². The van der Waals surface area contributed by atoms with Crippen molar-refractivity contribution in [3.63, 3.8) is 0 Å². The summed E-state index contributed by atoms with van der Waals surface area (Å²) in [6.45, 7) is 2.62. The fraction of sp³-hybridized carbons (Fsp3) is 0.692. The van der Waals surface area contributed by atoms with Crippen molar-refractivity contribution in [1.29, 1.82) is 0 Å². The minimum absolute atomic E-state index is 0. The van der Waals surface area contributed by atoms with E-state index < -0.39 is 10.8 Å². The summed E-state index contributed by atoms with van der Waals surface area (Å²) in [5.41, 5.74) is 2.02. The van der Waals surface area contributed by atoms with E-state index in [0.29, 0.717) is 18.8 Å². The van der Waals surface area contributed by atoms with Gasteiger partial charge in [-0.15, -0.1) is 12.4 Å². The molecule has 1 aromatic carbocycles. The molecule has 1 unspecified atom stereocenters. The first-order valence-electron chi connectivity index (χ1n) is 12.7. The minimum Gasteiger partial charge on any atom is -0.361 e. The molecule has 1 aromatic rings. The van der Waals surface area contributed by atoms with E-state index in [1.165, 1.54) is 12.0 Å². The van der Waals surface area contributed by atoms with Gasteiger partial charge in [0.1, 0.15) is 0 Å². The van der Waals surface area contributed by atoms with Gasteiger partial charge in [-0.2, -0.15) is 0 Å². The smallest absolute Gasteiger partial charge is 0.235 e. The van der Waals surface area contributed by atoms with Gasteiger partial charge in [-0.3, -0.25) is 18.7 Å². The Morgan fingerprint density at radius 1 is 1.03 bits per heavy atom. The van der Waals surface area contributed by atoms with Crippen LogP contribution in [0.5, 0.6) is 0 Å². The van der Waals surface area contributed by atoms with Crippen molar-refractivity contribution in [1.82, 2.24) is 9.80 Å². The van der Waals surface area contributed by atoms with E-state index in [9.17, 15) is 13.8 Å². The Labute approximate surface area is 213 Å². The number of hydrogen-bond acceptors (Lipinski definition) is 5. The highest BCUT2D eigenvalue weighted by molar-refractivity contribution is 7.85. The summed E-state index contributed by atoms with van der Waals surface area (Å²) in [6, 6.07) is 6.39. The lowest BCUT2D eigenvalue weighted by molar-refractivity contribution is -0.142. The van der Waals surface area contributed by atoms with Crippen molar-refractivity contribution in [2.24, 2.45) is 5.41 Å². The third kappa shape index (κ3) is 6.03. The van der Waals surface area contributed by atoms with Crippen LogP contribution in [0.1, 0.15) is 69.8 Å². The van der Waals surface area contributed by atoms with Crippen molar-refractivity contribution in [3.05, 3.63) is 23.8 Å². The summed E-state index contributed by atoms with van der Waals surface area (Å²) in [6.07, 6.45) is 10.8. The van der Waals surface area contributed by atoms with E-state index in [-0.39, 0.29) is 29.6 Å². The van der Waals surface area contributed by atoms with Gasteiger partial charge in [-0.1, -0.05) is 25.3 Å². The normalized spacial score (nSPS) is 21.4. The zero-order valence-electron chi connectivity index (χ0n) is 20.7. The van der Waals surface area contributed by atoms with E-state index in [1.54, 1.807) is 4.90 Å². The van der Waals surface area contributed by atoms with Crippen molar-refractivity contribution in [2.45, 2.75) is 75.5 Å². The zero-order chi connectivity index (χ0) is 23.4. The second-order valence-electron chi connectivity index (χ2n) is 10.3. The lowest BCUT2D eigenvalue weighted by Gasteiger charge is -2.30. The number of hydrogen-bond donors (Lipinski definition) is 0. The van der Waals surface area contributed by atoms with Crippen LogP contribution in [0.15, 0.2) is 23.1 Å². The molecule has 0 N–H and O–H groups in total. The lowest BCUT2D eigenvalue weighted by atomic mass is 9.73. The largest absolute Gasteiger partial charge is 0.361 e. The van der Waals surface area contributed by atoms with Gasteiger partial charge >= 0.3 is 0 Å². The molecule has 1 saturated carbocycles. The van der Waals surface area contributed by atoms with Crippen LogP contribution in [0, 0.1) is 5.41 Å². The molecule has 2 fully saturated rings. The first-order chi connectivity index (χ1) is 15.9. The minimum atomic E-state index is -0.895. The number of carbonyl (C=O) groups is 2. The first-order valence-corrected chi connectivity index (χ1v) is 14.0. The number of aryl methyl sites for hydroxylation is 1. The lowest BCUT2D eigenvalue weighted by Crippen LogP contribution is -2.37. The number of fused-ring (bicyclic) bond motifs is 1. The predicted octanol–water partition coefficient (Wildman–Crippen LogP) is 4.37. The average Bonchev–Trinajstić information content (AvgIpc) is 3.21. The zero-order valence-corrected chi connectivity index (χ0v) is 22.4. The maximum atomic E-state index is 12.9. The summed E-state index contributed by atoms with van der Waals surface area (Å²) in [4.78, 5) is 32.3. The molecule has 1 saturated heterocycles. The number of rotatable bonds is 10. The number of imide groups is 1.